The van der Waals surface area contributed by atoms with Gasteiger partial charge < -0.3 is 25.0 Å². The number of nitrogens with one attached hydrogen (secondary N) is 3. The molecule has 4 rings (SSSR count). The summed E-state index contributed by atoms with van der Waals surface area (Å²) in [4.78, 5) is 42.0. The Bertz CT molecular complexity index is 1630. The largest absolute Gasteiger partial charge is 0.493 e. The first-order valence-corrected chi connectivity index (χ1v) is 14.6. The SMILES string of the molecule is N=C(N)NC(=O)CCC(NC(=O)OCc1ccccc1)C(=O)c1noc(Cc2ccc(OCCc3ccc(Cl)c(Cl)c3)cc2)n1. The van der Waals surface area contributed by atoms with Crippen LogP contribution >= 0.6 is 23.2 Å². The molecule has 4 aromatic rings. The topological polar surface area (TPSA) is 183 Å². The van der Waals surface area contributed by atoms with Crippen LogP contribution in [0.1, 0.15) is 46.0 Å². The number of hydrogen-bond donors (Lipinski definition) is 4. The summed E-state index contributed by atoms with van der Waals surface area (Å²) in [5.41, 5.74) is 7.78. The molecule has 0 aliphatic rings. The van der Waals surface area contributed by atoms with Gasteiger partial charge in [0.2, 0.25) is 23.4 Å². The van der Waals surface area contributed by atoms with Gasteiger partial charge in [-0.2, -0.15) is 4.98 Å². The van der Waals surface area contributed by atoms with Crippen LogP contribution in [0.25, 0.3) is 0 Å². The highest BCUT2D eigenvalue weighted by Gasteiger charge is 2.28. The fourth-order valence-corrected chi connectivity index (χ4v) is 4.43. The van der Waals surface area contributed by atoms with E-state index in [4.69, 9.17) is 48.3 Å². The van der Waals surface area contributed by atoms with Crippen molar-refractivity contribution >= 4 is 46.9 Å². The first-order valence-electron chi connectivity index (χ1n) is 13.8. The molecule has 0 saturated heterocycles. The maximum Gasteiger partial charge on any atom is 0.408 e. The van der Waals surface area contributed by atoms with Crippen LogP contribution in [-0.2, 0) is 29.0 Å². The van der Waals surface area contributed by atoms with Gasteiger partial charge in [0, 0.05) is 12.8 Å². The molecule has 1 unspecified atom stereocenters. The van der Waals surface area contributed by atoms with E-state index in [-0.39, 0.29) is 37.6 Å². The highest BCUT2D eigenvalue weighted by atomic mass is 35.5. The van der Waals surface area contributed by atoms with E-state index in [2.05, 4.69) is 20.8 Å². The Balaban J connectivity index is 1.33. The van der Waals surface area contributed by atoms with Gasteiger partial charge in [0.05, 0.1) is 29.1 Å². The van der Waals surface area contributed by atoms with E-state index in [0.29, 0.717) is 28.8 Å². The molecule has 0 saturated carbocycles. The molecular weight excluding hydrogens is 623 g/mol. The maximum absolute atomic E-state index is 13.3. The lowest BCUT2D eigenvalue weighted by atomic mass is 10.1. The number of rotatable bonds is 14. The van der Waals surface area contributed by atoms with E-state index < -0.39 is 29.8 Å². The molecule has 0 aliphatic carbocycles. The smallest absolute Gasteiger partial charge is 0.408 e. The first kappa shape index (κ1) is 33.0. The van der Waals surface area contributed by atoms with Crippen molar-refractivity contribution < 1.29 is 28.4 Å². The van der Waals surface area contributed by atoms with Crippen LogP contribution in [0.15, 0.2) is 77.3 Å². The van der Waals surface area contributed by atoms with Gasteiger partial charge in [-0.3, -0.25) is 20.3 Å². The summed E-state index contributed by atoms with van der Waals surface area (Å²) >= 11 is 12.0. The van der Waals surface area contributed by atoms with Crippen LogP contribution in [0.4, 0.5) is 4.79 Å². The van der Waals surface area contributed by atoms with Crippen molar-refractivity contribution in [3.8, 4) is 5.75 Å². The summed E-state index contributed by atoms with van der Waals surface area (Å²) in [5.74, 6) is -1.25. The van der Waals surface area contributed by atoms with Gasteiger partial charge in [0.25, 0.3) is 0 Å². The highest BCUT2D eigenvalue weighted by Crippen LogP contribution is 2.23. The molecule has 45 heavy (non-hydrogen) atoms. The zero-order chi connectivity index (χ0) is 32.2. The molecule has 5 N–H and O–H groups in total. The number of hydrogen-bond acceptors (Lipinski definition) is 9. The number of ketones is 1. The molecule has 12 nitrogen and oxygen atoms in total. The number of carbonyl (C=O) groups is 3. The van der Waals surface area contributed by atoms with Crippen molar-refractivity contribution in [3.63, 3.8) is 0 Å². The van der Waals surface area contributed by atoms with Crippen molar-refractivity contribution in [1.29, 1.82) is 5.41 Å². The van der Waals surface area contributed by atoms with Crippen molar-refractivity contribution in [3.05, 3.63) is 111 Å². The third kappa shape index (κ3) is 10.6. The van der Waals surface area contributed by atoms with Gasteiger partial charge >= 0.3 is 6.09 Å². The molecule has 14 heteroatoms. The van der Waals surface area contributed by atoms with E-state index >= 15 is 0 Å². The molecular formula is C31H30Cl2N6O6. The second kappa shape index (κ2) is 16.2. The highest BCUT2D eigenvalue weighted by molar-refractivity contribution is 6.42. The van der Waals surface area contributed by atoms with Gasteiger partial charge in [0.1, 0.15) is 12.4 Å². The summed E-state index contributed by atoms with van der Waals surface area (Å²) in [6.45, 7) is 0.420. The molecule has 0 bridgehead atoms. The zero-order valence-electron chi connectivity index (χ0n) is 23.9. The Morgan fingerprint density at radius 2 is 1.69 bits per heavy atom. The second-order valence-corrected chi connectivity index (χ2v) is 10.6. The molecule has 3 aromatic carbocycles. The van der Waals surface area contributed by atoms with Crippen molar-refractivity contribution in [2.75, 3.05) is 6.61 Å². The molecule has 0 spiro atoms. The van der Waals surface area contributed by atoms with E-state index in [1.165, 1.54) is 0 Å². The number of amides is 2. The monoisotopic (exact) mass is 652 g/mol. The number of Topliss-reactive ketones (excluding diaryl/α,β-unsaturated/α-hetero) is 1. The second-order valence-electron chi connectivity index (χ2n) is 9.80. The van der Waals surface area contributed by atoms with E-state index in [0.717, 1.165) is 16.7 Å². The van der Waals surface area contributed by atoms with Gasteiger partial charge in [0.15, 0.2) is 5.96 Å². The Hall–Kier alpha value is -4.94. The lowest BCUT2D eigenvalue weighted by Gasteiger charge is -2.16. The van der Waals surface area contributed by atoms with Crippen LogP contribution in [0.2, 0.25) is 10.0 Å². The number of ether oxygens (including phenoxy) is 2. The molecule has 2 amide bonds. The Morgan fingerprint density at radius 3 is 2.40 bits per heavy atom. The van der Waals surface area contributed by atoms with E-state index in [9.17, 15) is 14.4 Å². The van der Waals surface area contributed by atoms with Crippen LogP contribution < -0.4 is 21.1 Å². The number of aromatic nitrogens is 2. The number of guanidine groups is 1. The molecule has 1 heterocycles. The normalized spacial score (nSPS) is 11.3. The minimum absolute atomic E-state index is 0.0220. The molecule has 0 radical (unpaired) electrons. The maximum atomic E-state index is 13.3. The Labute approximate surface area is 268 Å². The van der Waals surface area contributed by atoms with Crippen molar-refractivity contribution in [2.45, 2.75) is 38.3 Å². The Morgan fingerprint density at radius 1 is 0.956 bits per heavy atom. The van der Waals surface area contributed by atoms with Crippen LogP contribution in [-0.4, -0.2) is 46.5 Å². The number of halogens is 2. The fourth-order valence-electron chi connectivity index (χ4n) is 4.11. The van der Waals surface area contributed by atoms with Gasteiger partial charge in [-0.1, -0.05) is 76.9 Å². The summed E-state index contributed by atoms with van der Waals surface area (Å²) < 4.78 is 16.3. The minimum Gasteiger partial charge on any atom is -0.493 e. The zero-order valence-corrected chi connectivity index (χ0v) is 25.4. The van der Waals surface area contributed by atoms with Gasteiger partial charge in [-0.15, -0.1) is 0 Å². The summed E-state index contributed by atoms with van der Waals surface area (Å²) in [7, 11) is 0. The summed E-state index contributed by atoms with van der Waals surface area (Å²) in [5, 5.41) is 16.6. The number of benzene rings is 3. The fraction of sp³-hybridized carbons (Fsp3) is 0.226. The molecule has 0 fully saturated rings. The van der Waals surface area contributed by atoms with E-state index in [1.807, 2.05) is 24.3 Å². The van der Waals surface area contributed by atoms with Crippen molar-refractivity contribution in [2.24, 2.45) is 5.73 Å². The Kier molecular flexibility index (Phi) is 11.9. The van der Waals surface area contributed by atoms with Crippen molar-refractivity contribution in [1.82, 2.24) is 20.8 Å². The molecule has 1 atom stereocenters. The molecule has 1 aromatic heterocycles. The predicted molar refractivity (Wildman–Crippen MR) is 166 cm³/mol. The van der Waals surface area contributed by atoms with Crippen LogP contribution in [0.5, 0.6) is 5.75 Å². The molecule has 234 valence electrons. The number of alkyl carbamates (subject to hydrolysis) is 1. The summed E-state index contributed by atoms with van der Waals surface area (Å²) in [6, 6.07) is 20.5. The lowest BCUT2D eigenvalue weighted by molar-refractivity contribution is -0.119. The number of carbonyl (C=O) groups excluding carboxylic acids is 3. The molecule has 0 aliphatic heterocycles. The van der Waals surface area contributed by atoms with Gasteiger partial charge in [-0.05, 0) is 47.4 Å². The van der Waals surface area contributed by atoms with Crippen LogP contribution in [0.3, 0.4) is 0 Å². The summed E-state index contributed by atoms with van der Waals surface area (Å²) in [6.07, 6.45) is -0.329. The third-order valence-electron chi connectivity index (χ3n) is 6.37. The average molecular weight is 654 g/mol. The average Bonchev–Trinajstić information content (AvgIpc) is 3.49. The number of nitrogens with zero attached hydrogens (tertiary/aromatic N) is 2. The van der Waals surface area contributed by atoms with Crippen LogP contribution in [0, 0.1) is 5.41 Å². The number of nitrogens with two attached hydrogens (primary N) is 1. The quantitative estimate of drug-likeness (QED) is 0.0839. The third-order valence-corrected chi connectivity index (χ3v) is 7.11. The standard InChI is InChI=1S/C31H30Cl2N6O6/c32-23-11-8-20(16-24(23)33)14-15-43-22-9-6-19(7-10-22)17-27-38-29(39-45-27)28(41)25(12-13-26(40)37-30(34)35)36-31(42)44-18-21-4-2-1-3-5-21/h1-11,16,25H,12-15,17-18H2,(H,36,42)(H4,34,35,37,40). The minimum atomic E-state index is -1.21. The lowest BCUT2D eigenvalue weighted by Crippen LogP contribution is -2.43. The predicted octanol–water partition coefficient (Wildman–Crippen LogP) is 4.86. The van der Waals surface area contributed by atoms with E-state index in [1.54, 1.807) is 48.5 Å². The first-order chi connectivity index (χ1) is 21.7. The van der Waals surface area contributed by atoms with Gasteiger partial charge in [-0.25, -0.2) is 4.79 Å².